The van der Waals surface area contributed by atoms with Crippen molar-refractivity contribution in [2.75, 3.05) is 25.7 Å². The van der Waals surface area contributed by atoms with Gasteiger partial charge in [0, 0.05) is 13.2 Å². The molecule has 0 bridgehead atoms. The highest BCUT2D eigenvalue weighted by Gasteiger charge is 2.22. The number of carbonyl (C=O) groups excluding carboxylic acids is 1. The van der Waals surface area contributed by atoms with E-state index in [1.807, 2.05) is 53.9 Å². The van der Waals surface area contributed by atoms with Gasteiger partial charge in [0.25, 0.3) is 0 Å². The summed E-state index contributed by atoms with van der Waals surface area (Å²) in [5.74, 6) is 2.14. The first-order valence-electron chi connectivity index (χ1n) is 9.25. The van der Waals surface area contributed by atoms with Gasteiger partial charge < -0.3 is 14.2 Å². The lowest BCUT2D eigenvalue weighted by Crippen LogP contribution is -2.29. The zero-order chi connectivity index (χ0) is 20.1. The zero-order valence-corrected chi connectivity index (χ0v) is 16.6. The van der Waals surface area contributed by atoms with E-state index in [0.29, 0.717) is 36.8 Å². The normalized spacial score (nSPS) is 10.7. The summed E-state index contributed by atoms with van der Waals surface area (Å²) in [7, 11) is 3.33. The van der Waals surface area contributed by atoms with Crippen LogP contribution < -0.4 is 14.4 Å². The van der Waals surface area contributed by atoms with Crippen molar-refractivity contribution < 1.29 is 19.0 Å². The Bertz CT molecular complexity index is 950. The Labute approximate surface area is 164 Å². The van der Waals surface area contributed by atoms with Crippen LogP contribution in [0.5, 0.6) is 11.5 Å². The number of amides is 1. The number of hydrogen-bond acceptors (Lipinski definition) is 5. The van der Waals surface area contributed by atoms with Crippen LogP contribution in [-0.2, 0) is 17.8 Å². The van der Waals surface area contributed by atoms with Crippen LogP contribution in [0.25, 0.3) is 5.65 Å². The molecule has 3 aromatic rings. The van der Waals surface area contributed by atoms with E-state index in [-0.39, 0.29) is 0 Å². The molecule has 28 heavy (non-hydrogen) atoms. The van der Waals surface area contributed by atoms with Crippen LogP contribution in [-0.4, -0.2) is 36.2 Å². The van der Waals surface area contributed by atoms with Crippen molar-refractivity contribution >= 4 is 17.6 Å². The number of fused-ring (bicyclic) bond motifs is 1. The Kier molecular flexibility index (Phi) is 6.03. The lowest BCUT2D eigenvalue weighted by molar-refractivity contribution is 0.161. The zero-order valence-electron chi connectivity index (χ0n) is 16.6. The number of imidazole rings is 1. The van der Waals surface area contributed by atoms with Gasteiger partial charge in [-0.25, -0.2) is 9.78 Å². The van der Waals surface area contributed by atoms with E-state index in [0.717, 1.165) is 17.0 Å². The van der Waals surface area contributed by atoms with E-state index in [1.165, 1.54) is 4.90 Å². The molecule has 0 atom stereocenters. The highest BCUT2D eigenvalue weighted by molar-refractivity contribution is 5.87. The molecular weight excluding hydrogens is 358 g/mol. The molecule has 0 aliphatic heterocycles. The third-order valence-corrected chi connectivity index (χ3v) is 4.41. The smallest absolute Gasteiger partial charge is 0.415 e. The highest BCUT2D eigenvalue weighted by Crippen LogP contribution is 2.29. The molecule has 1 amide bonds. The Balaban J connectivity index is 1.90. The first kappa shape index (κ1) is 19.5. The molecule has 0 aliphatic rings. The summed E-state index contributed by atoms with van der Waals surface area (Å²) in [6.07, 6.45) is 2.13. The molecule has 0 aliphatic carbocycles. The Hall–Kier alpha value is -3.22. The van der Waals surface area contributed by atoms with E-state index in [2.05, 4.69) is 0 Å². The minimum absolute atomic E-state index is 0.317. The van der Waals surface area contributed by atoms with E-state index < -0.39 is 6.09 Å². The molecule has 1 aromatic carbocycles. The van der Waals surface area contributed by atoms with Gasteiger partial charge >= 0.3 is 6.09 Å². The molecule has 7 nitrogen and oxygen atoms in total. The number of aromatic nitrogens is 2. The molecule has 0 spiro atoms. The standard InChI is InChI=1S/C21H25N3O4/c1-5-17-20(23(3)21(25)27-6-2)24-13-7-8-18(19(24)22-17)28-14-15-9-11-16(26-4)12-10-15/h7-13H,5-6,14H2,1-4H3. The number of carbonyl (C=O) groups is 1. The number of rotatable bonds is 7. The van der Waals surface area contributed by atoms with Crippen LogP contribution in [0.2, 0.25) is 0 Å². The summed E-state index contributed by atoms with van der Waals surface area (Å²) in [5, 5.41) is 0. The van der Waals surface area contributed by atoms with E-state index >= 15 is 0 Å². The summed E-state index contributed by atoms with van der Waals surface area (Å²) >= 11 is 0. The molecule has 148 valence electrons. The molecule has 0 radical (unpaired) electrons. The maximum Gasteiger partial charge on any atom is 0.415 e. The summed E-state index contributed by atoms with van der Waals surface area (Å²) in [5.41, 5.74) is 2.49. The fourth-order valence-corrected chi connectivity index (χ4v) is 2.97. The number of hydrogen-bond donors (Lipinski definition) is 0. The highest BCUT2D eigenvalue weighted by atomic mass is 16.6. The van der Waals surface area contributed by atoms with Gasteiger partial charge in [0.1, 0.15) is 18.2 Å². The summed E-state index contributed by atoms with van der Waals surface area (Å²) in [6.45, 7) is 4.51. The topological polar surface area (TPSA) is 65.3 Å². The molecule has 3 rings (SSSR count). The predicted molar refractivity (Wildman–Crippen MR) is 107 cm³/mol. The molecule has 0 N–H and O–H groups in total. The first-order valence-corrected chi connectivity index (χ1v) is 9.25. The van der Waals surface area contributed by atoms with E-state index in [4.69, 9.17) is 19.2 Å². The maximum absolute atomic E-state index is 12.2. The molecule has 2 aromatic heterocycles. The van der Waals surface area contributed by atoms with Gasteiger partial charge in [-0.3, -0.25) is 9.30 Å². The van der Waals surface area contributed by atoms with Gasteiger partial charge in [-0.15, -0.1) is 0 Å². The molecule has 7 heteroatoms. The monoisotopic (exact) mass is 383 g/mol. The van der Waals surface area contributed by atoms with Crippen molar-refractivity contribution in [3.8, 4) is 11.5 Å². The lowest BCUT2D eigenvalue weighted by atomic mass is 10.2. The number of methoxy groups -OCH3 is 1. The molecule has 0 fully saturated rings. The van der Waals surface area contributed by atoms with Crippen LogP contribution in [0.4, 0.5) is 10.6 Å². The van der Waals surface area contributed by atoms with Crippen LogP contribution >= 0.6 is 0 Å². The van der Waals surface area contributed by atoms with Gasteiger partial charge in [-0.2, -0.15) is 0 Å². The van der Waals surface area contributed by atoms with Gasteiger partial charge in [0.2, 0.25) is 0 Å². The molecule has 0 saturated heterocycles. The van der Waals surface area contributed by atoms with Crippen molar-refractivity contribution in [1.82, 2.24) is 9.38 Å². The van der Waals surface area contributed by atoms with Crippen molar-refractivity contribution in [3.63, 3.8) is 0 Å². The summed E-state index contributed by atoms with van der Waals surface area (Å²) in [4.78, 5) is 18.4. The Morgan fingerprint density at radius 1 is 1.18 bits per heavy atom. The van der Waals surface area contributed by atoms with Gasteiger partial charge in [0.05, 0.1) is 19.4 Å². The Morgan fingerprint density at radius 3 is 2.57 bits per heavy atom. The SMILES string of the molecule is CCOC(=O)N(C)c1c(CC)nc2c(OCc3ccc(OC)cc3)cccn12. The fourth-order valence-electron chi connectivity index (χ4n) is 2.97. The first-order chi connectivity index (χ1) is 13.6. The van der Waals surface area contributed by atoms with Gasteiger partial charge in [-0.1, -0.05) is 19.1 Å². The largest absolute Gasteiger partial charge is 0.497 e. The quantitative estimate of drug-likeness (QED) is 0.615. The average molecular weight is 383 g/mol. The summed E-state index contributed by atoms with van der Waals surface area (Å²) < 4.78 is 18.2. The van der Waals surface area contributed by atoms with Crippen molar-refractivity contribution in [2.45, 2.75) is 26.9 Å². The number of nitrogens with zero attached hydrogens (tertiary/aromatic N) is 3. The number of benzene rings is 1. The maximum atomic E-state index is 12.2. The predicted octanol–water partition coefficient (Wildman–Crippen LogP) is 4.08. The van der Waals surface area contributed by atoms with Crippen molar-refractivity contribution in [3.05, 3.63) is 53.9 Å². The Morgan fingerprint density at radius 2 is 1.93 bits per heavy atom. The van der Waals surface area contributed by atoms with Gasteiger partial charge in [-0.05, 0) is 43.2 Å². The number of anilines is 1. The van der Waals surface area contributed by atoms with Crippen molar-refractivity contribution in [1.29, 1.82) is 0 Å². The van der Waals surface area contributed by atoms with Gasteiger partial charge in [0.15, 0.2) is 11.4 Å². The molecule has 2 heterocycles. The minimum atomic E-state index is -0.413. The number of aryl methyl sites for hydroxylation is 1. The second kappa shape index (κ2) is 8.65. The lowest BCUT2D eigenvalue weighted by Gasteiger charge is -2.17. The van der Waals surface area contributed by atoms with Crippen LogP contribution in [0.1, 0.15) is 25.1 Å². The van der Waals surface area contributed by atoms with E-state index in [1.54, 1.807) is 21.1 Å². The second-order valence-corrected chi connectivity index (χ2v) is 6.20. The summed E-state index contributed by atoms with van der Waals surface area (Å²) in [6, 6.07) is 11.5. The molecular formula is C21H25N3O4. The number of pyridine rings is 1. The van der Waals surface area contributed by atoms with Crippen LogP contribution in [0.15, 0.2) is 42.6 Å². The average Bonchev–Trinajstić information content (AvgIpc) is 3.11. The van der Waals surface area contributed by atoms with Crippen LogP contribution in [0, 0.1) is 0 Å². The van der Waals surface area contributed by atoms with Crippen molar-refractivity contribution in [2.24, 2.45) is 0 Å². The second-order valence-electron chi connectivity index (χ2n) is 6.20. The minimum Gasteiger partial charge on any atom is -0.497 e. The number of ether oxygens (including phenoxy) is 3. The van der Waals surface area contributed by atoms with Crippen LogP contribution in [0.3, 0.4) is 0 Å². The third-order valence-electron chi connectivity index (χ3n) is 4.41. The fraction of sp³-hybridized carbons (Fsp3) is 0.333. The third kappa shape index (κ3) is 3.88. The van der Waals surface area contributed by atoms with E-state index in [9.17, 15) is 4.79 Å². The molecule has 0 saturated carbocycles. The molecule has 0 unspecified atom stereocenters.